The van der Waals surface area contributed by atoms with Crippen LogP contribution in [0, 0.1) is 23.7 Å². The van der Waals surface area contributed by atoms with Crippen LogP contribution in [0.5, 0.6) is 5.75 Å². The summed E-state index contributed by atoms with van der Waals surface area (Å²) in [5.41, 5.74) is 2.21. The van der Waals surface area contributed by atoms with E-state index < -0.39 is 18.5 Å². The lowest BCUT2D eigenvalue weighted by molar-refractivity contribution is -0.123. The zero-order chi connectivity index (χ0) is 28.0. The van der Waals surface area contributed by atoms with Crippen LogP contribution in [0.1, 0.15) is 34.7 Å². The number of hydrogen-bond donors (Lipinski definition) is 1. The Balaban J connectivity index is 1.10. The highest BCUT2D eigenvalue weighted by molar-refractivity contribution is 6.31. The fraction of sp³-hybridized carbons (Fsp3) is 0.290. The van der Waals surface area contributed by atoms with Crippen molar-refractivity contribution >= 4 is 46.7 Å². The maximum absolute atomic E-state index is 13.5. The van der Waals surface area contributed by atoms with E-state index in [4.69, 9.17) is 21.1 Å². The monoisotopic (exact) mass is 558 g/mol. The molecule has 0 aromatic heterocycles. The molecule has 6 rings (SSSR count). The molecular formula is C31H27ClN2O6. The summed E-state index contributed by atoms with van der Waals surface area (Å²) in [5, 5.41) is 3.02. The van der Waals surface area contributed by atoms with Crippen LogP contribution in [-0.4, -0.2) is 37.4 Å². The van der Waals surface area contributed by atoms with Crippen LogP contribution in [0.4, 0.5) is 11.4 Å². The number of ether oxygens (including phenoxy) is 2. The zero-order valence-corrected chi connectivity index (χ0v) is 22.5. The van der Waals surface area contributed by atoms with E-state index in [-0.39, 0.29) is 41.0 Å². The first-order valence-electron chi connectivity index (χ1n) is 13.2. The molecule has 3 aromatic rings. The maximum Gasteiger partial charge on any atom is 0.338 e. The van der Waals surface area contributed by atoms with Gasteiger partial charge < -0.3 is 14.8 Å². The largest absolute Gasteiger partial charge is 0.495 e. The summed E-state index contributed by atoms with van der Waals surface area (Å²) in [5.74, 6) is -1.11. The minimum Gasteiger partial charge on any atom is -0.495 e. The van der Waals surface area contributed by atoms with Crippen LogP contribution < -0.4 is 15.0 Å². The number of carbonyl (C=O) groups is 4. The number of halogens is 1. The molecule has 0 unspecified atom stereocenters. The number of rotatable bonds is 7. The first kappa shape index (κ1) is 26.1. The number of fused-ring (bicyclic) bond motifs is 5. The van der Waals surface area contributed by atoms with Gasteiger partial charge in [0.1, 0.15) is 5.75 Å². The Hall–Kier alpha value is -4.17. The molecule has 0 radical (unpaired) electrons. The number of nitrogens with zero attached hydrogens (tertiary/aromatic N) is 1. The van der Waals surface area contributed by atoms with Crippen molar-refractivity contribution in [3.8, 4) is 5.75 Å². The third-order valence-corrected chi connectivity index (χ3v) is 8.61. The quantitative estimate of drug-likeness (QED) is 0.321. The molecule has 1 aliphatic heterocycles. The SMILES string of the molecule is COc1ccc(Cl)cc1NC(=O)COC(=O)c1ccc(N2C(=O)[C@@H]3[C@@H]4C[C@@H]([C@@H]3C2=O)[C@H](c2ccccc2)C4)cc1. The minimum absolute atomic E-state index is 0.155. The van der Waals surface area contributed by atoms with E-state index >= 15 is 0 Å². The van der Waals surface area contributed by atoms with Crippen molar-refractivity contribution in [1.29, 1.82) is 0 Å². The van der Waals surface area contributed by atoms with Gasteiger partial charge in [-0.15, -0.1) is 0 Å². The molecule has 9 heteroatoms. The predicted molar refractivity (Wildman–Crippen MR) is 148 cm³/mol. The summed E-state index contributed by atoms with van der Waals surface area (Å²) in [4.78, 5) is 53.1. The van der Waals surface area contributed by atoms with Crippen LogP contribution in [0.2, 0.25) is 5.02 Å². The van der Waals surface area contributed by atoms with Gasteiger partial charge in [0.25, 0.3) is 5.91 Å². The molecule has 2 aliphatic carbocycles. The minimum atomic E-state index is -0.709. The van der Waals surface area contributed by atoms with E-state index in [1.807, 2.05) is 18.2 Å². The van der Waals surface area contributed by atoms with Crippen molar-refractivity contribution < 1.29 is 28.7 Å². The lowest BCUT2D eigenvalue weighted by atomic mass is 9.73. The summed E-state index contributed by atoms with van der Waals surface area (Å²) in [6.45, 7) is -0.520. The molecule has 5 atom stereocenters. The third-order valence-electron chi connectivity index (χ3n) is 8.37. The van der Waals surface area contributed by atoms with Crippen LogP contribution in [-0.2, 0) is 19.1 Å². The second kappa shape index (κ2) is 10.4. The number of benzene rings is 3. The molecule has 8 nitrogen and oxygen atoms in total. The normalized spacial score (nSPS) is 24.6. The predicted octanol–water partition coefficient (Wildman–Crippen LogP) is 5.07. The molecule has 204 valence electrons. The Kier molecular flexibility index (Phi) is 6.80. The number of esters is 1. The Morgan fingerprint density at radius 3 is 2.40 bits per heavy atom. The molecule has 3 fully saturated rings. The average Bonchev–Trinajstić information content (AvgIpc) is 3.63. The van der Waals surface area contributed by atoms with Crippen LogP contribution in [0.15, 0.2) is 72.8 Å². The van der Waals surface area contributed by atoms with E-state index in [0.717, 1.165) is 12.8 Å². The van der Waals surface area contributed by atoms with E-state index in [9.17, 15) is 19.2 Å². The maximum atomic E-state index is 13.5. The molecule has 3 aliphatic rings. The van der Waals surface area contributed by atoms with E-state index in [0.29, 0.717) is 28.1 Å². The van der Waals surface area contributed by atoms with Crippen LogP contribution in [0.3, 0.4) is 0 Å². The number of methoxy groups -OCH3 is 1. The first-order valence-corrected chi connectivity index (χ1v) is 13.6. The van der Waals surface area contributed by atoms with Gasteiger partial charge in [0, 0.05) is 5.02 Å². The Morgan fingerprint density at radius 1 is 0.950 bits per heavy atom. The van der Waals surface area contributed by atoms with E-state index in [1.165, 1.54) is 35.8 Å². The Labute approximate surface area is 236 Å². The third kappa shape index (κ3) is 4.52. The zero-order valence-electron chi connectivity index (χ0n) is 21.7. The summed E-state index contributed by atoms with van der Waals surface area (Å²) in [6, 6.07) is 21.1. The summed E-state index contributed by atoms with van der Waals surface area (Å²) in [6.07, 6.45) is 1.83. The topological polar surface area (TPSA) is 102 Å². The van der Waals surface area contributed by atoms with Crippen molar-refractivity contribution in [2.45, 2.75) is 18.8 Å². The van der Waals surface area contributed by atoms with E-state index in [2.05, 4.69) is 17.4 Å². The molecule has 1 heterocycles. The smallest absolute Gasteiger partial charge is 0.338 e. The summed E-state index contributed by atoms with van der Waals surface area (Å²) >= 11 is 5.98. The lowest BCUT2D eigenvalue weighted by Gasteiger charge is -2.28. The highest BCUT2D eigenvalue weighted by Crippen LogP contribution is 2.61. The fourth-order valence-corrected chi connectivity index (χ4v) is 6.89. The highest BCUT2D eigenvalue weighted by Gasteiger charge is 2.64. The van der Waals surface area contributed by atoms with Gasteiger partial charge in [-0.05, 0) is 78.6 Å². The van der Waals surface area contributed by atoms with Gasteiger partial charge in [-0.2, -0.15) is 0 Å². The summed E-state index contributed by atoms with van der Waals surface area (Å²) < 4.78 is 10.3. The van der Waals surface area contributed by atoms with E-state index in [1.54, 1.807) is 24.3 Å². The van der Waals surface area contributed by atoms with Gasteiger partial charge in [0.2, 0.25) is 11.8 Å². The average molecular weight is 559 g/mol. The van der Waals surface area contributed by atoms with Crippen molar-refractivity contribution in [2.24, 2.45) is 23.7 Å². The van der Waals surface area contributed by atoms with Crippen molar-refractivity contribution in [3.63, 3.8) is 0 Å². The Bertz CT molecular complexity index is 1490. The number of carbonyl (C=O) groups excluding carboxylic acids is 4. The molecule has 2 saturated carbocycles. The molecule has 0 spiro atoms. The first-order chi connectivity index (χ1) is 19.4. The lowest BCUT2D eigenvalue weighted by Crippen LogP contribution is -2.33. The van der Waals surface area contributed by atoms with Crippen molar-refractivity contribution in [2.75, 3.05) is 23.9 Å². The number of imide groups is 1. The van der Waals surface area contributed by atoms with Crippen molar-refractivity contribution in [1.82, 2.24) is 0 Å². The molecule has 1 N–H and O–H groups in total. The Morgan fingerprint density at radius 2 is 1.68 bits per heavy atom. The van der Waals surface area contributed by atoms with Crippen LogP contribution in [0.25, 0.3) is 0 Å². The fourth-order valence-electron chi connectivity index (χ4n) is 6.72. The number of hydrogen-bond acceptors (Lipinski definition) is 6. The van der Waals surface area contributed by atoms with Gasteiger partial charge in [-0.1, -0.05) is 41.9 Å². The van der Waals surface area contributed by atoms with Gasteiger partial charge in [0.15, 0.2) is 6.61 Å². The molecule has 1 saturated heterocycles. The molecule has 40 heavy (non-hydrogen) atoms. The second-order valence-electron chi connectivity index (χ2n) is 10.5. The molecule has 3 amide bonds. The van der Waals surface area contributed by atoms with Gasteiger partial charge in [-0.25, -0.2) is 4.79 Å². The highest BCUT2D eigenvalue weighted by atomic mass is 35.5. The van der Waals surface area contributed by atoms with Crippen molar-refractivity contribution in [3.05, 3.63) is 88.9 Å². The van der Waals surface area contributed by atoms with Gasteiger partial charge >= 0.3 is 5.97 Å². The number of anilines is 2. The number of nitrogens with one attached hydrogen (secondary N) is 1. The van der Waals surface area contributed by atoms with Gasteiger partial charge in [0.05, 0.1) is 35.9 Å². The number of amides is 3. The standard InChI is InChI=1S/C31H27ClN2O6/c1-39-25-12-9-20(32)15-24(25)33-26(35)16-40-31(38)18-7-10-21(11-8-18)34-29(36)27-19-13-22(17-5-3-2-4-6-17)23(14-19)28(27)30(34)37/h2-12,15,19,22-23,27-28H,13-14,16H2,1H3,(H,33,35)/t19-,22-,23+,27+,28-/m0/s1. The molecule has 2 bridgehead atoms. The van der Waals surface area contributed by atoms with Crippen LogP contribution >= 0.6 is 11.6 Å². The molecular weight excluding hydrogens is 532 g/mol. The summed E-state index contributed by atoms with van der Waals surface area (Å²) in [7, 11) is 1.46. The second-order valence-corrected chi connectivity index (χ2v) is 10.9. The molecule has 3 aromatic carbocycles. The van der Waals surface area contributed by atoms with Gasteiger partial charge in [-0.3, -0.25) is 19.3 Å².